The van der Waals surface area contributed by atoms with E-state index in [9.17, 15) is 18.4 Å². The number of halogens is 3. The summed E-state index contributed by atoms with van der Waals surface area (Å²) in [7, 11) is 0. The van der Waals surface area contributed by atoms with Crippen molar-refractivity contribution in [3.05, 3.63) is 0 Å². The van der Waals surface area contributed by atoms with Gasteiger partial charge in [-0.2, -0.15) is 8.78 Å². The predicted molar refractivity (Wildman–Crippen MR) is 64.8 cm³/mol. The molecule has 104 valence electrons. The predicted octanol–water partition coefficient (Wildman–Crippen LogP) is 2.80. The average Bonchev–Trinajstić information content (AvgIpc) is 2.37. The molecule has 1 heterocycles. The maximum absolute atomic E-state index is 13.8. The Morgan fingerprint density at radius 3 is 2.33 bits per heavy atom. The molecule has 0 radical (unpaired) electrons. The fourth-order valence-corrected chi connectivity index (χ4v) is 2.07. The van der Waals surface area contributed by atoms with E-state index in [2.05, 4.69) is 15.9 Å². The summed E-state index contributed by atoms with van der Waals surface area (Å²) in [4.78, 5) is 23.8. The van der Waals surface area contributed by atoms with Crippen molar-refractivity contribution in [2.45, 2.75) is 39.2 Å². The van der Waals surface area contributed by atoms with Crippen LogP contribution in [0.15, 0.2) is 0 Å². The molecule has 1 saturated heterocycles. The van der Waals surface area contributed by atoms with Gasteiger partial charge in [0.25, 0.3) is 0 Å². The molecule has 1 aliphatic rings. The highest BCUT2D eigenvalue weighted by Gasteiger charge is 2.65. The number of nitrogens with zero attached hydrogens (tertiary/aromatic N) is 1. The average molecular weight is 328 g/mol. The second-order valence-corrected chi connectivity index (χ2v) is 6.20. The molecule has 0 aliphatic carbocycles. The van der Waals surface area contributed by atoms with E-state index < -0.39 is 28.9 Å². The maximum Gasteiger partial charge on any atom is 0.417 e. The van der Waals surface area contributed by atoms with Crippen LogP contribution in [0, 0.1) is 5.41 Å². The number of ether oxygens (including phenoxy) is 1. The molecule has 1 fully saturated rings. The summed E-state index contributed by atoms with van der Waals surface area (Å²) >= 11 is 2.96. The first-order valence-electron chi connectivity index (χ1n) is 5.43. The lowest BCUT2D eigenvalue weighted by molar-refractivity contribution is -0.154. The number of likely N-dealkylation sites (tertiary alicyclic amines) is 1. The molecule has 4 nitrogen and oxygen atoms in total. The van der Waals surface area contributed by atoms with Crippen molar-refractivity contribution in [3.63, 3.8) is 0 Å². The number of carbonyl (C=O) groups excluding carboxylic acids is 2. The molecular weight excluding hydrogens is 312 g/mol. The van der Waals surface area contributed by atoms with Crippen molar-refractivity contribution in [3.8, 4) is 0 Å². The number of imide groups is 1. The lowest BCUT2D eigenvalue weighted by atomic mass is 9.89. The van der Waals surface area contributed by atoms with Gasteiger partial charge in [-0.25, -0.2) is 9.69 Å². The van der Waals surface area contributed by atoms with E-state index in [1.165, 1.54) is 6.92 Å². The Bertz CT molecular complexity index is 381. The van der Waals surface area contributed by atoms with Crippen molar-refractivity contribution >= 4 is 27.9 Å². The van der Waals surface area contributed by atoms with E-state index in [1.807, 2.05) is 0 Å². The van der Waals surface area contributed by atoms with E-state index in [1.54, 1.807) is 20.8 Å². The lowest BCUT2D eigenvalue weighted by Gasteiger charge is -2.25. The van der Waals surface area contributed by atoms with Crippen LogP contribution < -0.4 is 0 Å². The summed E-state index contributed by atoms with van der Waals surface area (Å²) in [5, 5.41) is -0.0853. The van der Waals surface area contributed by atoms with Crippen molar-refractivity contribution in [2.24, 2.45) is 5.41 Å². The Hall–Kier alpha value is -0.720. The second kappa shape index (κ2) is 4.43. The quantitative estimate of drug-likeness (QED) is 0.696. The zero-order valence-corrected chi connectivity index (χ0v) is 12.3. The maximum atomic E-state index is 13.8. The van der Waals surface area contributed by atoms with Gasteiger partial charge < -0.3 is 4.74 Å². The Labute approximate surface area is 113 Å². The highest BCUT2D eigenvalue weighted by Crippen LogP contribution is 2.45. The summed E-state index contributed by atoms with van der Waals surface area (Å²) in [6.45, 7) is 5.71. The van der Waals surface area contributed by atoms with Crippen LogP contribution in [0.4, 0.5) is 13.6 Å². The molecule has 1 unspecified atom stereocenters. The van der Waals surface area contributed by atoms with E-state index in [4.69, 9.17) is 4.74 Å². The summed E-state index contributed by atoms with van der Waals surface area (Å²) in [5.74, 6) is -5.08. The Morgan fingerprint density at radius 1 is 1.50 bits per heavy atom. The molecule has 0 saturated carbocycles. The van der Waals surface area contributed by atoms with Crippen LogP contribution in [0.5, 0.6) is 0 Å². The van der Waals surface area contributed by atoms with Gasteiger partial charge in [-0.3, -0.25) is 4.79 Å². The van der Waals surface area contributed by atoms with E-state index in [-0.39, 0.29) is 11.9 Å². The molecule has 0 aromatic rings. The van der Waals surface area contributed by atoms with Gasteiger partial charge in [0.15, 0.2) is 0 Å². The molecule has 0 bridgehead atoms. The number of hydrogen-bond donors (Lipinski definition) is 0. The second-order valence-electron chi connectivity index (χ2n) is 5.64. The lowest BCUT2D eigenvalue weighted by Crippen LogP contribution is -2.42. The monoisotopic (exact) mass is 327 g/mol. The Morgan fingerprint density at radius 2 is 2.00 bits per heavy atom. The van der Waals surface area contributed by atoms with Gasteiger partial charge in [0.1, 0.15) is 5.60 Å². The first kappa shape index (κ1) is 15.3. The highest BCUT2D eigenvalue weighted by molar-refractivity contribution is 9.09. The molecule has 0 aromatic heterocycles. The van der Waals surface area contributed by atoms with E-state index >= 15 is 0 Å². The number of rotatable bonds is 1. The molecule has 1 aliphatic heterocycles. The standard InChI is InChI=1S/C11H16BrF2NO3/c1-9(2,3)18-8(17)15-6-10(4,5-12)11(13,14)7(15)16/h5-6H2,1-4H3. The van der Waals surface area contributed by atoms with E-state index in [0.29, 0.717) is 4.90 Å². The zero-order chi connectivity index (χ0) is 14.4. The highest BCUT2D eigenvalue weighted by atomic mass is 79.9. The summed E-state index contributed by atoms with van der Waals surface area (Å²) in [6, 6.07) is 0. The SMILES string of the molecule is CC(C)(C)OC(=O)N1CC(C)(CBr)C(F)(F)C1=O. The zero-order valence-electron chi connectivity index (χ0n) is 10.7. The Kier molecular flexibility index (Phi) is 3.78. The normalized spacial score (nSPS) is 27.5. The van der Waals surface area contributed by atoms with Crippen molar-refractivity contribution in [1.29, 1.82) is 0 Å². The van der Waals surface area contributed by atoms with Crippen LogP contribution in [0.1, 0.15) is 27.7 Å². The molecule has 7 heteroatoms. The molecule has 0 N–H and O–H groups in total. The van der Waals surface area contributed by atoms with Gasteiger partial charge in [0, 0.05) is 11.9 Å². The van der Waals surface area contributed by atoms with Crippen LogP contribution in [0.3, 0.4) is 0 Å². The molecular formula is C11H16BrF2NO3. The van der Waals surface area contributed by atoms with Crippen LogP contribution in [0.2, 0.25) is 0 Å². The molecule has 0 aromatic carbocycles. The fraction of sp³-hybridized carbons (Fsp3) is 0.818. The summed E-state index contributed by atoms with van der Waals surface area (Å²) in [5.41, 5.74) is -2.44. The third-order valence-corrected chi connectivity index (χ3v) is 3.93. The van der Waals surface area contributed by atoms with Crippen molar-refractivity contribution < 1.29 is 23.1 Å². The topological polar surface area (TPSA) is 46.6 Å². The fourth-order valence-electron chi connectivity index (χ4n) is 1.54. The number of amides is 2. The summed E-state index contributed by atoms with van der Waals surface area (Å²) < 4.78 is 32.5. The van der Waals surface area contributed by atoms with Gasteiger partial charge in [-0.15, -0.1) is 0 Å². The minimum Gasteiger partial charge on any atom is -0.443 e. The Balaban J connectivity index is 2.96. The minimum atomic E-state index is -3.58. The van der Waals surface area contributed by atoms with Gasteiger partial charge in [0.05, 0.1) is 5.41 Å². The largest absolute Gasteiger partial charge is 0.443 e. The first-order valence-corrected chi connectivity index (χ1v) is 6.55. The van der Waals surface area contributed by atoms with Gasteiger partial charge in [0.2, 0.25) is 0 Å². The van der Waals surface area contributed by atoms with Gasteiger partial charge in [-0.05, 0) is 20.8 Å². The van der Waals surface area contributed by atoms with Gasteiger partial charge in [-0.1, -0.05) is 22.9 Å². The molecule has 1 atom stereocenters. The minimum absolute atomic E-state index is 0.0853. The summed E-state index contributed by atoms with van der Waals surface area (Å²) in [6.07, 6.45) is -1.03. The third kappa shape index (κ3) is 2.50. The number of hydrogen-bond acceptors (Lipinski definition) is 3. The third-order valence-electron chi connectivity index (χ3n) is 2.69. The van der Waals surface area contributed by atoms with Gasteiger partial charge >= 0.3 is 17.9 Å². The van der Waals surface area contributed by atoms with E-state index in [0.717, 1.165) is 0 Å². The van der Waals surface area contributed by atoms with Crippen LogP contribution in [-0.4, -0.2) is 40.3 Å². The first-order chi connectivity index (χ1) is 7.94. The van der Waals surface area contributed by atoms with Crippen LogP contribution in [-0.2, 0) is 9.53 Å². The molecule has 0 spiro atoms. The van der Waals surface area contributed by atoms with Crippen LogP contribution >= 0.6 is 15.9 Å². The number of alkyl halides is 3. The smallest absolute Gasteiger partial charge is 0.417 e. The van der Waals surface area contributed by atoms with Crippen LogP contribution in [0.25, 0.3) is 0 Å². The molecule has 18 heavy (non-hydrogen) atoms. The van der Waals surface area contributed by atoms with Crippen molar-refractivity contribution in [1.82, 2.24) is 4.90 Å². The van der Waals surface area contributed by atoms with Crippen molar-refractivity contribution in [2.75, 3.05) is 11.9 Å². The number of carbonyl (C=O) groups is 2. The molecule has 1 rings (SSSR count). The molecule has 2 amide bonds.